The Balaban J connectivity index is 3.11. The van der Waals surface area contributed by atoms with E-state index in [-0.39, 0.29) is 11.9 Å². The summed E-state index contributed by atoms with van der Waals surface area (Å²) >= 11 is 0. The minimum absolute atomic E-state index is 0.0541. The number of hydrogen-bond donors (Lipinski definition) is 1. The van der Waals surface area contributed by atoms with Crippen molar-refractivity contribution in [2.45, 2.75) is 129 Å². The van der Waals surface area contributed by atoms with E-state index in [0.717, 1.165) is 12.8 Å². The Bertz CT molecular complexity index is 358. The molecule has 0 aliphatic carbocycles. The Morgan fingerprint density at radius 1 is 0.643 bits per heavy atom. The van der Waals surface area contributed by atoms with Crippen LogP contribution in [-0.4, -0.2) is 25.0 Å². The van der Waals surface area contributed by atoms with Gasteiger partial charge < -0.3 is 10.1 Å². The molecule has 4 nitrogen and oxygen atoms in total. The Hall–Kier alpha value is -1.06. The zero-order valence-electron chi connectivity index (χ0n) is 18.9. The van der Waals surface area contributed by atoms with Gasteiger partial charge in [0.25, 0.3) is 0 Å². The number of amides is 1. The molecule has 0 rings (SSSR count). The Labute approximate surface area is 174 Å². The van der Waals surface area contributed by atoms with Crippen LogP contribution >= 0.6 is 0 Å². The molecule has 0 bridgehead atoms. The summed E-state index contributed by atoms with van der Waals surface area (Å²) in [5, 5.41) is 2.68. The maximum atomic E-state index is 11.5. The number of rotatable bonds is 21. The third-order valence-corrected chi connectivity index (χ3v) is 5.19. The lowest BCUT2D eigenvalue weighted by atomic mass is 10.0. The fraction of sp³-hybridized carbons (Fsp3) is 0.917. The fourth-order valence-electron chi connectivity index (χ4n) is 3.41. The highest BCUT2D eigenvalue weighted by Crippen LogP contribution is 2.13. The van der Waals surface area contributed by atoms with Gasteiger partial charge in [0, 0.05) is 19.9 Å². The van der Waals surface area contributed by atoms with E-state index in [2.05, 4.69) is 12.2 Å². The Morgan fingerprint density at radius 2 is 1.07 bits per heavy atom. The summed E-state index contributed by atoms with van der Waals surface area (Å²) in [4.78, 5) is 22.2. The summed E-state index contributed by atoms with van der Waals surface area (Å²) in [7, 11) is 0. The van der Waals surface area contributed by atoms with Crippen molar-refractivity contribution in [2.24, 2.45) is 0 Å². The highest BCUT2D eigenvalue weighted by molar-refractivity contribution is 5.73. The zero-order valence-corrected chi connectivity index (χ0v) is 18.9. The number of carbonyl (C=O) groups excluding carboxylic acids is 2. The molecule has 0 aromatic rings. The molecular weight excluding hydrogens is 350 g/mol. The van der Waals surface area contributed by atoms with Crippen LogP contribution in [0.4, 0.5) is 0 Å². The van der Waals surface area contributed by atoms with Crippen LogP contribution in [-0.2, 0) is 14.3 Å². The summed E-state index contributed by atoms with van der Waals surface area (Å²) < 4.78 is 5.22. The van der Waals surface area contributed by atoms with Gasteiger partial charge in [-0.25, -0.2) is 0 Å². The van der Waals surface area contributed by atoms with E-state index in [1.165, 1.54) is 96.8 Å². The van der Waals surface area contributed by atoms with E-state index in [1.807, 2.05) is 0 Å². The molecule has 0 radical (unpaired) electrons. The third kappa shape index (κ3) is 23.0. The zero-order chi connectivity index (χ0) is 20.7. The molecule has 28 heavy (non-hydrogen) atoms. The first-order valence-corrected chi connectivity index (χ1v) is 12.1. The molecular formula is C24H47NO3. The molecule has 0 aromatic carbocycles. The molecule has 0 saturated heterocycles. The van der Waals surface area contributed by atoms with Gasteiger partial charge in [-0.15, -0.1) is 0 Å². The minimum atomic E-state index is -0.147. The molecule has 0 aromatic heterocycles. The quantitative estimate of drug-likeness (QED) is 0.173. The van der Waals surface area contributed by atoms with Crippen LogP contribution in [0, 0.1) is 0 Å². The van der Waals surface area contributed by atoms with E-state index in [4.69, 9.17) is 4.74 Å². The lowest BCUT2D eigenvalue weighted by molar-refractivity contribution is -0.144. The average Bonchev–Trinajstić information content (AvgIpc) is 2.67. The molecule has 0 atom stereocenters. The Kier molecular flexibility index (Phi) is 21.4. The Morgan fingerprint density at radius 3 is 1.50 bits per heavy atom. The van der Waals surface area contributed by atoms with Gasteiger partial charge in [-0.2, -0.15) is 0 Å². The molecule has 0 aliphatic rings. The van der Waals surface area contributed by atoms with Crippen molar-refractivity contribution in [3.05, 3.63) is 0 Å². The number of esters is 1. The molecule has 0 heterocycles. The SMILES string of the molecule is CCCCCCCCCCCCCCCCCCOC(=O)CCCNC(C)=O. The van der Waals surface area contributed by atoms with Crippen molar-refractivity contribution < 1.29 is 14.3 Å². The van der Waals surface area contributed by atoms with Crippen molar-refractivity contribution in [1.29, 1.82) is 0 Å². The van der Waals surface area contributed by atoms with Crippen LogP contribution in [0.15, 0.2) is 0 Å². The number of carbonyl (C=O) groups is 2. The van der Waals surface area contributed by atoms with Crippen molar-refractivity contribution in [1.82, 2.24) is 5.32 Å². The van der Waals surface area contributed by atoms with Crippen LogP contribution in [0.2, 0.25) is 0 Å². The van der Waals surface area contributed by atoms with E-state index in [0.29, 0.717) is 26.0 Å². The normalized spacial score (nSPS) is 10.8. The summed E-state index contributed by atoms with van der Waals surface area (Å²) in [6, 6.07) is 0. The van der Waals surface area contributed by atoms with Gasteiger partial charge in [-0.05, 0) is 12.8 Å². The number of unbranched alkanes of at least 4 members (excludes halogenated alkanes) is 15. The second-order valence-electron chi connectivity index (χ2n) is 8.11. The van der Waals surface area contributed by atoms with Crippen molar-refractivity contribution >= 4 is 11.9 Å². The highest BCUT2D eigenvalue weighted by Gasteiger charge is 2.02. The maximum Gasteiger partial charge on any atom is 0.305 e. The first-order valence-electron chi connectivity index (χ1n) is 12.1. The average molecular weight is 398 g/mol. The number of hydrogen-bond acceptors (Lipinski definition) is 3. The predicted octanol–water partition coefficient (Wildman–Crippen LogP) is 6.71. The minimum Gasteiger partial charge on any atom is -0.466 e. The summed E-state index contributed by atoms with van der Waals surface area (Å²) in [5.74, 6) is -0.201. The monoisotopic (exact) mass is 397 g/mol. The lowest BCUT2D eigenvalue weighted by Crippen LogP contribution is -2.21. The van der Waals surface area contributed by atoms with Crippen LogP contribution in [0.5, 0.6) is 0 Å². The standard InChI is InChI=1S/C24H47NO3/c1-3-4-5-6-7-8-9-10-11-12-13-14-15-16-17-18-22-28-24(27)20-19-21-25-23(2)26/h3-22H2,1-2H3,(H,25,26). The van der Waals surface area contributed by atoms with Crippen molar-refractivity contribution in [3.8, 4) is 0 Å². The molecule has 0 unspecified atom stereocenters. The van der Waals surface area contributed by atoms with Gasteiger partial charge in [0.05, 0.1) is 6.61 Å². The van der Waals surface area contributed by atoms with Gasteiger partial charge in [0.2, 0.25) is 5.91 Å². The molecule has 0 aliphatic heterocycles. The van der Waals surface area contributed by atoms with Crippen LogP contribution in [0.3, 0.4) is 0 Å². The van der Waals surface area contributed by atoms with Gasteiger partial charge in [0.15, 0.2) is 0 Å². The molecule has 0 spiro atoms. The van der Waals surface area contributed by atoms with Crippen molar-refractivity contribution in [2.75, 3.05) is 13.2 Å². The molecule has 166 valence electrons. The third-order valence-electron chi connectivity index (χ3n) is 5.19. The molecule has 1 amide bonds. The van der Waals surface area contributed by atoms with E-state index in [9.17, 15) is 9.59 Å². The first kappa shape index (κ1) is 26.9. The van der Waals surface area contributed by atoms with Gasteiger partial charge in [-0.1, -0.05) is 103 Å². The summed E-state index contributed by atoms with van der Waals surface area (Å²) in [6.45, 7) is 4.84. The van der Waals surface area contributed by atoms with Crippen LogP contribution < -0.4 is 5.32 Å². The van der Waals surface area contributed by atoms with Gasteiger partial charge >= 0.3 is 5.97 Å². The summed E-state index contributed by atoms with van der Waals surface area (Å²) in [5.41, 5.74) is 0. The predicted molar refractivity (Wildman–Crippen MR) is 118 cm³/mol. The smallest absolute Gasteiger partial charge is 0.305 e. The van der Waals surface area contributed by atoms with Gasteiger partial charge in [-0.3, -0.25) is 9.59 Å². The van der Waals surface area contributed by atoms with Crippen LogP contribution in [0.25, 0.3) is 0 Å². The topological polar surface area (TPSA) is 55.4 Å². The second-order valence-corrected chi connectivity index (χ2v) is 8.11. The highest BCUT2D eigenvalue weighted by atomic mass is 16.5. The second kappa shape index (κ2) is 22.2. The van der Waals surface area contributed by atoms with Crippen molar-refractivity contribution in [3.63, 3.8) is 0 Å². The van der Waals surface area contributed by atoms with Gasteiger partial charge in [0.1, 0.15) is 0 Å². The number of ether oxygens (including phenoxy) is 1. The summed E-state index contributed by atoms with van der Waals surface area (Å²) in [6.07, 6.45) is 22.6. The molecule has 0 fully saturated rings. The number of nitrogens with one attached hydrogen (secondary N) is 1. The van der Waals surface area contributed by atoms with E-state index in [1.54, 1.807) is 0 Å². The molecule has 0 saturated carbocycles. The lowest BCUT2D eigenvalue weighted by Gasteiger charge is -2.06. The molecule has 4 heteroatoms. The maximum absolute atomic E-state index is 11.5. The van der Waals surface area contributed by atoms with E-state index >= 15 is 0 Å². The fourth-order valence-corrected chi connectivity index (χ4v) is 3.41. The largest absolute Gasteiger partial charge is 0.466 e. The van der Waals surface area contributed by atoms with Crippen LogP contribution in [0.1, 0.15) is 129 Å². The first-order chi connectivity index (χ1) is 13.7. The molecule has 1 N–H and O–H groups in total. The van der Waals surface area contributed by atoms with E-state index < -0.39 is 0 Å².